The van der Waals surface area contributed by atoms with Crippen molar-refractivity contribution in [1.29, 1.82) is 0 Å². The Bertz CT molecular complexity index is 151. The largest absolute Gasteiger partial charge is 0.394 e. The summed E-state index contributed by atoms with van der Waals surface area (Å²) < 4.78 is 0. The van der Waals surface area contributed by atoms with Crippen molar-refractivity contribution in [3.8, 4) is 0 Å². The van der Waals surface area contributed by atoms with E-state index < -0.39 is 37.2 Å². The van der Waals surface area contributed by atoms with Crippen LogP contribution in [0.4, 0.5) is 0 Å². The van der Waals surface area contributed by atoms with E-state index in [9.17, 15) is 4.79 Å². The third-order valence-electron chi connectivity index (χ3n) is 1.41. The van der Waals surface area contributed by atoms with E-state index in [0.29, 0.717) is 0 Å². The number of nitrogens with two attached hydrogens (primary N) is 1. The maximum atomic E-state index is 10.9. The van der Waals surface area contributed by atoms with Gasteiger partial charge in [0.25, 0.3) is 0 Å². The van der Waals surface area contributed by atoms with Gasteiger partial charge in [-0.3, -0.25) is 4.79 Å². The molecule has 0 aromatic rings. The van der Waals surface area contributed by atoms with Crippen LogP contribution in [0.1, 0.15) is 0 Å². The van der Waals surface area contributed by atoms with E-state index in [1.807, 2.05) is 0 Å². The quantitative estimate of drug-likeness (QED) is 0.299. The third kappa shape index (κ3) is 2.84. The summed E-state index contributed by atoms with van der Waals surface area (Å²) in [6.07, 6.45) is -3.28. The second-order valence-electron chi connectivity index (χ2n) is 2.39. The maximum Gasteiger partial charge on any atom is 0.182 e. The van der Waals surface area contributed by atoms with Crippen molar-refractivity contribution in [3.63, 3.8) is 0 Å². The van der Waals surface area contributed by atoms with Crippen LogP contribution in [0.25, 0.3) is 0 Å². The lowest BCUT2D eigenvalue weighted by Crippen LogP contribution is -2.47. The summed E-state index contributed by atoms with van der Waals surface area (Å²) in [5.41, 5.74) is 5.06. The van der Waals surface area contributed by atoms with Crippen LogP contribution in [-0.2, 0) is 4.79 Å². The molecular weight excluding hydrogens is 166 g/mol. The molecule has 0 spiro atoms. The molecule has 0 saturated heterocycles. The standard InChI is InChI=1S/C6H13NO5/c7-3(1-8)5(11)6(12)4(10)2-9/h3-4,6,8-10,12H,1-2,7H2/t3-,4-,6-/m1/s1. The van der Waals surface area contributed by atoms with E-state index in [2.05, 4.69) is 0 Å². The molecule has 0 bridgehead atoms. The minimum Gasteiger partial charge on any atom is -0.394 e. The predicted molar refractivity (Wildman–Crippen MR) is 39.2 cm³/mol. The van der Waals surface area contributed by atoms with E-state index in [-0.39, 0.29) is 0 Å². The van der Waals surface area contributed by atoms with Crippen LogP contribution in [0.2, 0.25) is 0 Å². The Morgan fingerprint density at radius 2 is 1.75 bits per heavy atom. The van der Waals surface area contributed by atoms with Crippen molar-refractivity contribution in [3.05, 3.63) is 0 Å². The van der Waals surface area contributed by atoms with Gasteiger partial charge in [0.15, 0.2) is 5.78 Å². The lowest BCUT2D eigenvalue weighted by molar-refractivity contribution is -0.136. The summed E-state index contributed by atoms with van der Waals surface area (Å²) in [4.78, 5) is 10.9. The van der Waals surface area contributed by atoms with Crippen molar-refractivity contribution in [2.75, 3.05) is 13.2 Å². The number of Topliss-reactive ketones (excluding diaryl/α,β-unsaturated/α-hetero) is 1. The second kappa shape index (κ2) is 5.18. The fourth-order valence-electron chi connectivity index (χ4n) is 0.599. The summed E-state index contributed by atoms with van der Waals surface area (Å²) >= 11 is 0. The highest BCUT2D eigenvalue weighted by atomic mass is 16.4. The van der Waals surface area contributed by atoms with Gasteiger partial charge < -0.3 is 26.2 Å². The topological polar surface area (TPSA) is 124 Å². The SMILES string of the molecule is N[C@H](CO)C(=O)[C@H](O)[C@H](O)CO. The van der Waals surface area contributed by atoms with Gasteiger partial charge in [0, 0.05) is 0 Å². The Morgan fingerprint density at radius 1 is 1.25 bits per heavy atom. The molecule has 6 nitrogen and oxygen atoms in total. The fraction of sp³-hybridized carbons (Fsp3) is 0.833. The van der Waals surface area contributed by atoms with E-state index in [1.54, 1.807) is 0 Å². The number of carbonyl (C=O) groups excluding carboxylic acids is 1. The van der Waals surface area contributed by atoms with Gasteiger partial charge in [-0.1, -0.05) is 0 Å². The van der Waals surface area contributed by atoms with Crippen LogP contribution in [0.5, 0.6) is 0 Å². The zero-order valence-corrected chi connectivity index (χ0v) is 6.42. The molecule has 0 heterocycles. The van der Waals surface area contributed by atoms with Crippen LogP contribution in [0, 0.1) is 0 Å². The molecule has 6 heteroatoms. The molecule has 6 N–H and O–H groups in total. The van der Waals surface area contributed by atoms with E-state index in [1.165, 1.54) is 0 Å². The number of carbonyl (C=O) groups is 1. The minimum atomic E-state index is -1.74. The first-order valence-corrected chi connectivity index (χ1v) is 3.41. The highest BCUT2D eigenvalue weighted by Gasteiger charge is 2.27. The molecular formula is C6H13NO5. The molecule has 0 radical (unpaired) electrons. The minimum absolute atomic E-state index is 0.603. The summed E-state index contributed by atoms with van der Waals surface area (Å²) in [7, 11) is 0. The molecule has 0 aromatic carbocycles. The number of rotatable bonds is 5. The van der Waals surface area contributed by atoms with Crippen molar-refractivity contribution < 1.29 is 25.2 Å². The summed E-state index contributed by atoms with van der Waals surface area (Å²) in [5.74, 6) is -0.890. The predicted octanol–water partition coefficient (Wildman–Crippen LogP) is -3.41. The average Bonchev–Trinajstić information content (AvgIpc) is 2.12. The molecule has 0 fully saturated rings. The first-order valence-electron chi connectivity index (χ1n) is 3.41. The van der Waals surface area contributed by atoms with Crippen molar-refractivity contribution in [2.45, 2.75) is 18.2 Å². The van der Waals surface area contributed by atoms with E-state index in [4.69, 9.17) is 26.2 Å². The maximum absolute atomic E-state index is 10.9. The average molecular weight is 179 g/mol. The summed E-state index contributed by atoms with van der Waals surface area (Å²) in [5, 5.41) is 34.5. The molecule has 72 valence electrons. The highest BCUT2D eigenvalue weighted by molar-refractivity contribution is 5.88. The molecule has 0 saturated carbocycles. The van der Waals surface area contributed by atoms with Crippen LogP contribution >= 0.6 is 0 Å². The van der Waals surface area contributed by atoms with Gasteiger partial charge in [-0.25, -0.2) is 0 Å². The van der Waals surface area contributed by atoms with E-state index >= 15 is 0 Å². The lowest BCUT2D eigenvalue weighted by Gasteiger charge is -2.16. The Labute approximate surface area is 69.2 Å². The Hall–Kier alpha value is -0.530. The molecule has 0 aliphatic rings. The van der Waals surface area contributed by atoms with Crippen LogP contribution < -0.4 is 5.73 Å². The third-order valence-corrected chi connectivity index (χ3v) is 1.41. The first-order chi connectivity index (χ1) is 5.54. The van der Waals surface area contributed by atoms with Crippen molar-refractivity contribution in [1.82, 2.24) is 0 Å². The van der Waals surface area contributed by atoms with Gasteiger partial charge in [0.2, 0.25) is 0 Å². The Balaban J connectivity index is 4.09. The molecule has 0 aromatic heterocycles. The smallest absolute Gasteiger partial charge is 0.182 e. The Kier molecular flexibility index (Phi) is 4.95. The molecule has 0 aliphatic carbocycles. The van der Waals surface area contributed by atoms with Gasteiger partial charge in [0.1, 0.15) is 12.2 Å². The lowest BCUT2D eigenvalue weighted by atomic mass is 10.0. The number of ketones is 1. The van der Waals surface area contributed by atoms with Gasteiger partial charge >= 0.3 is 0 Å². The van der Waals surface area contributed by atoms with E-state index in [0.717, 1.165) is 0 Å². The fourth-order valence-corrected chi connectivity index (χ4v) is 0.599. The van der Waals surface area contributed by atoms with Gasteiger partial charge in [0.05, 0.1) is 19.3 Å². The Morgan fingerprint density at radius 3 is 2.08 bits per heavy atom. The van der Waals surface area contributed by atoms with Crippen molar-refractivity contribution >= 4 is 5.78 Å². The molecule has 0 rings (SSSR count). The number of aliphatic hydroxyl groups excluding tert-OH is 4. The summed E-state index contributed by atoms with van der Waals surface area (Å²) in [6, 6.07) is -1.22. The van der Waals surface area contributed by atoms with Gasteiger partial charge in [-0.15, -0.1) is 0 Å². The molecule has 0 amide bonds. The normalized spacial score (nSPS) is 18.4. The monoisotopic (exact) mass is 179 g/mol. The first kappa shape index (κ1) is 11.5. The highest BCUT2D eigenvalue weighted by Crippen LogP contribution is 1.96. The van der Waals surface area contributed by atoms with Crippen LogP contribution in [0.15, 0.2) is 0 Å². The molecule has 3 atom stereocenters. The second-order valence-corrected chi connectivity index (χ2v) is 2.39. The van der Waals surface area contributed by atoms with Crippen LogP contribution in [0.3, 0.4) is 0 Å². The number of aliphatic hydroxyl groups is 4. The number of hydrogen-bond donors (Lipinski definition) is 5. The summed E-state index contributed by atoms with van der Waals surface area (Å²) in [6.45, 7) is -1.33. The zero-order valence-electron chi connectivity index (χ0n) is 6.42. The van der Waals surface area contributed by atoms with Crippen molar-refractivity contribution in [2.24, 2.45) is 5.73 Å². The number of hydrogen-bond acceptors (Lipinski definition) is 6. The van der Waals surface area contributed by atoms with Crippen LogP contribution in [-0.4, -0.2) is 57.7 Å². The molecule has 0 aliphatic heterocycles. The molecule has 0 unspecified atom stereocenters. The molecule has 12 heavy (non-hydrogen) atoms. The van der Waals surface area contributed by atoms with Gasteiger partial charge in [-0.05, 0) is 0 Å². The van der Waals surface area contributed by atoms with Gasteiger partial charge in [-0.2, -0.15) is 0 Å². The zero-order chi connectivity index (χ0) is 9.72.